The first kappa shape index (κ1) is 14.3. The summed E-state index contributed by atoms with van der Waals surface area (Å²) in [6.07, 6.45) is 7.11. The van der Waals surface area contributed by atoms with Crippen molar-refractivity contribution < 1.29 is 9.21 Å². The molecule has 0 saturated carbocycles. The fourth-order valence-electron chi connectivity index (χ4n) is 2.58. The second-order valence-corrected chi connectivity index (χ2v) is 5.43. The van der Waals surface area contributed by atoms with Crippen LogP contribution in [0.15, 0.2) is 16.7 Å². The topological polar surface area (TPSA) is 36.7 Å². The summed E-state index contributed by atoms with van der Waals surface area (Å²) in [5.41, 5.74) is 1.14. The van der Waals surface area contributed by atoms with Gasteiger partial charge in [-0.15, -0.1) is 0 Å². The molecule has 1 saturated heterocycles. The summed E-state index contributed by atoms with van der Waals surface area (Å²) in [5.74, 6) is 0.436. The highest BCUT2D eigenvalue weighted by Crippen LogP contribution is 2.10. The van der Waals surface area contributed by atoms with Gasteiger partial charge in [0.05, 0.1) is 6.26 Å². The Balaban J connectivity index is 1.62. The fourth-order valence-corrected chi connectivity index (χ4v) is 2.58. The number of likely N-dealkylation sites (N-methyl/N-ethyl adjacent to an activating group) is 1. The molecule has 0 aliphatic carbocycles. The van der Waals surface area contributed by atoms with Crippen molar-refractivity contribution in [3.05, 3.63) is 23.7 Å². The van der Waals surface area contributed by atoms with Gasteiger partial charge in [0.15, 0.2) is 12.0 Å². The Kier molecular flexibility index (Phi) is 5.61. The number of hydrogen-bond acceptors (Lipinski definition) is 4. The molecule has 4 nitrogen and oxygen atoms in total. The minimum atomic E-state index is 0.436. The average Bonchev–Trinajstić information content (AvgIpc) is 2.78. The van der Waals surface area contributed by atoms with Crippen molar-refractivity contribution in [2.45, 2.75) is 25.7 Å². The Labute approximate surface area is 115 Å². The van der Waals surface area contributed by atoms with Gasteiger partial charge in [-0.25, -0.2) is 0 Å². The van der Waals surface area contributed by atoms with Gasteiger partial charge in [0.1, 0.15) is 0 Å². The Morgan fingerprint density at radius 1 is 1.26 bits per heavy atom. The van der Waals surface area contributed by atoms with Gasteiger partial charge in [-0.3, -0.25) is 4.79 Å². The number of aryl methyl sites for hydroxylation is 1. The molecule has 0 bridgehead atoms. The molecule has 0 spiro atoms. The number of hydrogen-bond donors (Lipinski definition) is 0. The summed E-state index contributed by atoms with van der Waals surface area (Å²) in [7, 11) is 2.20. The molecule has 0 aromatic carbocycles. The van der Waals surface area contributed by atoms with Gasteiger partial charge in [0, 0.05) is 13.1 Å². The summed E-state index contributed by atoms with van der Waals surface area (Å²) in [5, 5.41) is 0. The highest BCUT2D eigenvalue weighted by molar-refractivity contribution is 5.70. The molecular formula is C15H24N2O2. The second kappa shape index (κ2) is 7.46. The number of nitrogens with zero attached hydrogens (tertiary/aromatic N) is 2. The highest BCUT2D eigenvalue weighted by atomic mass is 16.3. The molecule has 1 aromatic rings. The van der Waals surface area contributed by atoms with Crippen LogP contribution in [0.1, 0.15) is 35.4 Å². The van der Waals surface area contributed by atoms with E-state index in [4.69, 9.17) is 4.42 Å². The Hall–Kier alpha value is -1.13. The zero-order valence-corrected chi connectivity index (χ0v) is 11.8. The molecule has 0 unspecified atom stereocenters. The highest BCUT2D eigenvalue weighted by Gasteiger charge is 2.11. The number of rotatable bonds is 6. The van der Waals surface area contributed by atoms with Gasteiger partial charge in [-0.05, 0) is 64.0 Å². The lowest BCUT2D eigenvalue weighted by Crippen LogP contribution is -2.29. The van der Waals surface area contributed by atoms with E-state index in [1.807, 2.05) is 6.07 Å². The van der Waals surface area contributed by atoms with Crippen molar-refractivity contribution in [1.29, 1.82) is 0 Å². The summed E-state index contributed by atoms with van der Waals surface area (Å²) in [6.45, 7) is 6.01. The fraction of sp³-hybridized carbons (Fsp3) is 0.667. The second-order valence-electron chi connectivity index (χ2n) is 5.43. The zero-order chi connectivity index (χ0) is 13.5. The molecule has 0 radical (unpaired) electrons. The maximum Gasteiger partial charge on any atom is 0.185 e. The quantitative estimate of drug-likeness (QED) is 0.582. The molecular weight excluding hydrogens is 240 g/mol. The molecule has 0 atom stereocenters. The molecule has 1 aliphatic rings. The monoisotopic (exact) mass is 264 g/mol. The largest absolute Gasteiger partial charge is 0.461 e. The van der Waals surface area contributed by atoms with Gasteiger partial charge >= 0.3 is 0 Å². The van der Waals surface area contributed by atoms with Gasteiger partial charge < -0.3 is 14.2 Å². The van der Waals surface area contributed by atoms with E-state index in [2.05, 4.69) is 16.8 Å². The van der Waals surface area contributed by atoms with Crippen LogP contribution in [-0.2, 0) is 6.42 Å². The van der Waals surface area contributed by atoms with Crippen LogP contribution in [0.3, 0.4) is 0 Å². The van der Waals surface area contributed by atoms with Crippen LogP contribution >= 0.6 is 0 Å². The lowest BCUT2D eigenvalue weighted by Gasteiger charge is -2.19. The molecule has 106 valence electrons. The Morgan fingerprint density at radius 2 is 2.16 bits per heavy atom. The third-order valence-electron chi connectivity index (χ3n) is 3.79. The molecule has 2 rings (SSSR count). The lowest BCUT2D eigenvalue weighted by molar-refractivity contribution is 0.110. The number of furan rings is 1. The third-order valence-corrected chi connectivity index (χ3v) is 3.79. The summed E-state index contributed by atoms with van der Waals surface area (Å²) in [6, 6.07) is 1.84. The number of carbonyl (C=O) groups excluding carboxylic acids is 1. The maximum absolute atomic E-state index is 10.5. The zero-order valence-electron chi connectivity index (χ0n) is 11.8. The molecule has 0 N–H and O–H groups in total. The van der Waals surface area contributed by atoms with Crippen LogP contribution in [0, 0.1) is 0 Å². The Bertz CT molecular complexity index is 389. The minimum absolute atomic E-state index is 0.436. The molecule has 4 heteroatoms. The van der Waals surface area contributed by atoms with Crippen molar-refractivity contribution in [3.8, 4) is 0 Å². The number of unbranched alkanes of at least 4 members (excludes halogenated alkanes) is 1. The summed E-state index contributed by atoms with van der Waals surface area (Å²) >= 11 is 0. The molecule has 1 aliphatic heterocycles. The molecule has 1 aromatic heterocycles. The van der Waals surface area contributed by atoms with Crippen molar-refractivity contribution in [2.24, 2.45) is 0 Å². The van der Waals surface area contributed by atoms with Gasteiger partial charge in [0.2, 0.25) is 0 Å². The van der Waals surface area contributed by atoms with Crippen LogP contribution in [0.4, 0.5) is 0 Å². The molecule has 2 heterocycles. The first-order valence-corrected chi connectivity index (χ1v) is 7.21. The van der Waals surface area contributed by atoms with Gasteiger partial charge in [0.25, 0.3) is 0 Å². The first-order chi connectivity index (χ1) is 9.28. The van der Waals surface area contributed by atoms with Crippen LogP contribution in [0.5, 0.6) is 0 Å². The standard InChI is InChI=1S/C15H24N2O2/c1-16-6-4-8-17(10-9-16)7-3-2-5-14-11-15(12-18)19-13-14/h11-13H,2-10H2,1H3. The van der Waals surface area contributed by atoms with Gasteiger partial charge in [-0.2, -0.15) is 0 Å². The van der Waals surface area contributed by atoms with Crippen LogP contribution < -0.4 is 0 Å². The lowest BCUT2D eigenvalue weighted by atomic mass is 10.1. The molecule has 19 heavy (non-hydrogen) atoms. The van der Waals surface area contributed by atoms with Crippen molar-refractivity contribution >= 4 is 6.29 Å². The van der Waals surface area contributed by atoms with Crippen molar-refractivity contribution in [1.82, 2.24) is 9.80 Å². The Morgan fingerprint density at radius 3 is 2.95 bits per heavy atom. The van der Waals surface area contributed by atoms with Crippen LogP contribution in [0.25, 0.3) is 0 Å². The smallest absolute Gasteiger partial charge is 0.185 e. The van der Waals surface area contributed by atoms with Crippen LogP contribution in [0.2, 0.25) is 0 Å². The van der Waals surface area contributed by atoms with Crippen LogP contribution in [-0.4, -0.2) is 55.9 Å². The SMILES string of the molecule is CN1CCCN(CCCCc2coc(C=O)c2)CC1. The third kappa shape index (κ3) is 4.80. The van der Waals surface area contributed by atoms with E-state index < -0.39 is 0 Å². The van der Waals surface area contributed by atoms with Crippen molar-refractivity contribution in [3.63, 3.8) is 0 Å². The summed E-state index contributed by atoms with van der Waals surface area (Å²) in [4.78, 5) is 15.5. The average molecular weight is 264 g/mol. The van der Waals surface area contributed by atoms with E-state index in [1.54, 1.807) is 6.26 Å². The first-order valence-electron chi connectivity index (χ1n) is 7.21. The van der Waals surface area contributed by atoms with E-state index >= 15 is 0 Å². The molecule has 0 amide bonds. The normalized spacial score (nSPS) is 18.4. The van der Waals surface area contributed by atoms with Crippen molar-refractivity contribution in [2.75, 3.05) is 39.8 Å². The number of aldehydes is 1. The summed E-state index contributed by atoms with van der Waals surface area (Å²) < 4.78 is 5.11. The maximum atomic E-state index is 10.5. The van der Waals surface area contributed by atoms with E-state index in [9.17, 15) is 4.79 Å². The predicted octanol–water partition coefficient (Wildman–Crippen LogP) is 2.05. The van der Waals surface area contributed by atoms with Gasteiger partial charge in [-0.1, -0.05) is 0 Å². The van der Waals surface area contributed by atoms with E-state index in [-0.39, 0.29) is 0 Å². The number of carbonyl (C=O) groups is 1. The van der Waals surface area contributed by atoms with E-state index in [1.165, 1.54) is 45.6 Å². The molecule has 1 fully saturated rings. The van der Waals surface area contributed by atoms with E-state index in [0.29, 0.717) is 5.76 Å². The van der Waals surface area contributed by atoms with E-state index in [0.717, 1.165) is 24.7 Å². The predicted molar refractivity (Wildman–Crippen MR) is 75.6 cm³/mol. The minimum Gasteiger partial charge on any atom is -0.461 e.